The number of nitrogens with one attached hydrogen (secondary N) is 1. The Labute approximate surface area is 136 Å². The Kier molecular flexibility index (Phi) is 5.84. The van der Waals surface area contributed by atoms with E-state index in [1.807, 2.05) is 24.3 Å². The van der Waals surface area contributed by atoms with E-state index in [9.17, 15) is 4.79 Å². The van der Waals surface area contributed by atoms with Crippen molar-refractivity contribution in [3.63, 3.8) is 0 Å². The van der Waals surface area contributed by atoms with Gasteiger partial charge in [-0.15, -0.1) is 0 Å². The molecule has 0 heterocycles. The standard InChI is InChI=1S/C18H20ClNO2/c1-3-13(2)14-4-10-17(11-5-14)22-12-18(21)20-16-8-6-15(19)7-9-16/h4-11,13H,3,12H2,1-2H3,(H,20,21)/t13-/m1/s1. The fourth-order valence-electron chi connectivity index (χ4n) is 2.01. The zero-order valence-corrected chi connectivity index (χ0v) is 13.6. The van der Waals surface area contributed by atoms with Gasteiger partial charge in [-0.25, -0.2) is 0 Å². The molecule has 0 aliphatic heterocycles. The van der Waals surface area contributed by atoms with Crippen LogP contribution < -0.4 is 10.1 Å². The fourth-order valence-corrected chi connectivity index (χ4v) is 2.13. The Morgan fingerprint density at radius 2 is 1.77 bits per heavy atom. The lowest BCUT2D eigenvalue weighted by Gasteiger charge is -2.11. The van der Waals surface area contributed by atoms with Crippen molar-refractivity contribution in [1.29, 1.82) is 0 Å². The third kappa shape index (κ3) is 4.78. The van der Waals surface area contributed by atoms with Gasteiger partial charge in [0.2, 0.25) is 0 Å². The number of carbonyl (C=O) groups excluding carboxylic acids is 1. The van der Waals surface area contributed by atoms with Crippen molar-refractivity contribution in [3.05, 3.63) is 59.1 Å². The van der Waals surface area contributed by atoms with Gasteiger partial charge in [0.15, 0.2) is 6.61 Å². The maximum atomic E-state index is 11.8. The summed E-state index contributed by atoms with van der Waals surface area (Å²) in [7, 11) is 0. The van der Waals surface area contributed by atoms with Crippen LogP contribution in [-0.4, -0.2) is 12.5 Å². The van der Waals surface area contributed by atoms with Gasteiger partial charge in [-0.3, -0.25) is 4.79 Å². The molecule has 0 radical (unpaired) electrons. The average molecular weight is 318 g/mol. The molecule has 4 heteroatoms. The highest BCUT2D eigenvalue weighted by molar-refractivity contribution is 6.30. The SMILES string of the molecule is CC[C@@H](C)c1ccc(OCC(=O)Nc2ccc(Cl)cc2)cc1. The molecule has 22 heavy (non-hydrogen) atoms. The van der Waals surface area contributed by atoms with Gasteiger partial charge in [0.1, 0.15) is 5.75 Å². The molecule has 3 nitrogen and oxygen atoms in total. The number of benzene rings is 2. The quantitative estimate of drug-likeness (QED) is 0.825. The van der Waals surface area contributed by atoms with Crippen molar-refractivity contribution in [2.75, 3.05) is 11.9 Å². The minimum Gasteiger partial charge on any atom is -0.484 e. The Hall–Kier alpha value is -2.00. The van der Waals surface area contributed by atoms with Gasteiger partial charge >= 0.3 is 0 Å². The zero-order chi connectivity index (χ0) is 15.9. The van der Waals surface area contributed by atoms with E-state index in [2.05, 4.69) is 19.2 Å². The molecule has 0 saturated carbocycles. The molecule has 0 aromatic heterocycles. The molecule has 2 rings (SSSR count). The normalized spacial score (nSPS) is 11.8. The summed E-state index contributed by atoms with van der Waals surface area (Å²) in [6.07, 6.45) is 1.10. The molecule has 2 aromatic rings. The maximum absolute atomic E-state index is 11.8. The van der Waals surface area contributed by atoms with Crippen molar-refractivity contribution in [1.82, 2.24) is 0 Å². The molecule has 0 aliphatic rings. The number of amides is 1. The molecular weight excluding hydrogens is 298 g/mol. The van der Waals surface area contributed by atoms with Crippen LogP contribution in [-0.2, 0) is 4.79 Å². The van der Waals surface area contributed by atoms with Gasteiger partial charge in [0.05, 0.1) is 0 Å². The number of carbonyl (C=O) groups is 1. The summed E-state index contributed by atoms with van der Waals surface area (Å²) in [6.45, 7) is 4.33. The predicted molar refractivity (Wildman–Crippen MR) is 90.7 cm³/mol. The van der Waals surface area contributed by atoms with Gasteiger partial charge in [-0.2, -0.15) is 0 Å². The third-order valence-electron chi connectivity index (χ3n) is 3.56. The van der Waals surface area contributed by atoms with Crippen molar-refractivity contribution in [3.8, 4) is 5.75 Å². The monoisotopic (exact) mass is 317 g/mol. The Bertz CT molecular complexity index is 608. The van der Waals surface area contributed by atoms with Gasteiger partial charge in [-0.05, 0) is 54.3 Å². The first-order valence-electron chi connectivity index (χ1n) is 7.36. The van der Waals surface area contributed by atoms with Gasteiger partial charge < -0.3 is 10.1 Å². The van der Waals surface area contributed by atoms with Gasteiger partial charge in [0, 0.05) is 10.7 Å². The molecule has 1 N–H and O–H groups in total. The molecule has 1 atom stereocenters. The molecule has 0 saturated heterocycles. The van der Waals surface area contributed by atoms with Crippen LogP contribution in [0.3, 0.4) is 0 Å². The Morgan fingerprint density at radius 3 is 2.36 bits per heavy atom. The number of hydrogen-bond acceptors (Lipinski definition) is 2. The number of halogens is 1. The van der Waals surface area contributed by atoms with Crippen LogP contribution in [0.1, 0.15) is 31.7 Å². The summed E-state index contributed by atoms with van der Waals surface area (Å²) >= 11 is 5.80. The van der Waals surface area contributed by atoms with E-state index < -0.39 is 0 Å². The van der Waals surface area contributed by atoms with E-state index in [4.69, 9.17) is 16.3 Å². The molecule has 0 spiro atoms. The summed E-state index contributed by atoms with van der Waals surface area (Å²) in [5.74, 6) is 1.02. The lowest BCUT2D eigenvalue weighted by Crippen LogP contribution is -2.20. The highest BCUT2D eigenvalue weighted by Crippen LogP contribution is 2.21. The van der Waals surface area contributed by atoms with Crippen LogP contribution >= 0.6 is 11.6 Å². The topological polar surface area (TPSA) is 38.3 Å². The van der Waals surface area contributed by atoms with E-state index in [1.54, 1.807) is 24.3 Å². The third-order valence-corrected chi connectivity index (χ3v) is 3.81. The van der Waals surface area contributed by atoms with E-state index in [0.29, 0.717) is 22.4 Å². The van der Waals surface area contributed by atoms with Crippen molar-refractivity contribution >= 4 is 23.2 Å². The van der Waals surface area contributed by atoms with Crippen LogP contribution in [0.4, 0.5) is 5.69 Å². The van der Waals surface area contributed by atoms with E-state index in [1.165, 1.54) is 5.56 Å². The first kappa shape index (κ1) is 16.4. The zero-order valence-electron chi connectivity index (χ0n) is 12.8. The van der Waals surface area contributed by atoms with E-state index in [-0.39, 0.29) is 12.5 Å². The number of rotatable bonds is 6. The Balaban J connectivity index is 1.84. The molecule has 1 amide bonds. The summed E-state index contributed by atoms with van der Waals surface area (Å²) in [6, 6.07) is 14.8. The van der Waals surface area contributed by atoms with Gasteiger partial charge in [0.25, 0.3) is 5.91 Å². The van der Waals surface area contributed by atoms with Crippen LogP contribution in [0.5, 0.6) is 5.75 Å². The molecule has 116 valence electrons. The average Bonchev–Trinajstić information content (AvgIpc) is 2.55. The largest absolute Gasteiger partial charge is 0.484 e. The second kappa shape index (κ2) is 7.85. The second-order valence-electron chi connectivity index (χ2n) is 5.22. The van der Waals surface area contributed by atoms with Crippen molar-refractivity contribution in [2.45, 2.75) is 26.2 Å². The molecule has 0 bridgehead atoms. The first-order chi connectivity index (χ1) is 10.6. The van der Waals surface area contributed by atoms with Crippen molar-refractivity contribution < 1.29 is 9.53 Å². The van der Waals surface area contributed by atoms with E-state index in [0.717, 1.165) is 6.42 Å². The summed E-state index contributed by atoms with van der Waals surface area (Å²) in [5.41, 5.74) is 1.98. The van der Waals surface area contributed by atoms with Crippen LogP contribution in [0.2, 0.25) is 5.02 Å². The molecule has 0 unspecified atom stereocenters. The summed E-state index contributed by atoms with van der Waals surface area (Å²) in [5, 5.41) is 3.39. The second-order valence-corrected chi connectivity index (χ2v) is 5.66. The number of anilines is 1. The first-order valence-corrected chi connectivity index (χ1v) is 7.74. The summed E-state index contributed by atoms with van der Waals surface area (Å²) in [4.78, 5) is 11.8. The van der Waals surface area contributed by atoms with Crippen LogP contribution in [0.25, 0.3) is 0 Å². The molecule has 2 aromatic carbocycles. The van der Waals surface area contributed by atoms with Gasteiger partial charge in [-0.1, -0.05) is 37.6 Å². The lowest BCUT2D eigenvalue weighted by molar-refractivity contribution is -0.118. The molecular formula is C18H20ClNO2. The van der Waals surface area contributed by atoms with Crippen molar-refractivity contribution in [2.24, 2.45) is 0 Å². The smallest absolute Gasteiger partial charge is 0.262 e. The summed E-state index contributed by atoms with van der Waals surface area (Å²) < 4.78 is 5.49. The number of hydrogen-bond donors (Lipinski definition) is 1. The Morgan fingerprint density at radius 1 is 1.14 bits per heavy atom. The minimum absolute atomic E-state index is 0.0225. The minimum atomic E-state index is -0.201. The lowest BCUT2D eigenvalue weighted by atomic mass is 9.99. The van der Waals surface area contributed by atoms with E-state index >= 15 is 0 Å². The number of ether oxygens (including phenoxy) is 1. The maximum Gasteiger partial charge on any atom is 0.262 e. The molecule has 0 fully saturated rings. The predicted octanol–water partition coefficient (Wildman–Crippen LogP) is 4.87. The van der Waals surface area contributed by atoms with Crippen LogP contribution in [0.15, 0.2) is 48.5 Å². The fraction of sp³-hybridized carbons (Fsp3) is 0.278. The molecule has 0 aliphatic carbocycles. The highest BCUT2D eigenvalue weighted by atomic mass is 35.5. The highest BCUT2D eigenvalue weighted by Gasteiger charge is 2.05. The van der Waals surface area contributed by atoms with Crippen LogP contribution in [0, 0.1) is 0 Å².